The predicted molar refractivity (Wildman–Crippen MR) is 106 cm³/mol. The summed E-state index contributed by atoms with van der Waals surface area (Å²) in [5.74, 6) is 2.24. The Balaban J connectivity index is 2.20. The number of carbonyl (C=O) groups is 1. The molecule has 1 aromatic carbocycles. The molecule has 0 spiro atoms. The van der Waals surface area contributed by atoms with Crippen molar-refractivity contribution in [1.82, 2.24) is 0 Å². The van der Waals surface area contributed by atoms with Gasteiger partial charge in [-0.3, -0.25) is 4.79 Å². The summed E-state index contributed by atoms with van der Waals surface area (Å²) in [5.41, 5.74) is 0. The lowest BCUT2D eigenvalue weighted by Gasteiger charge is -2.12. The molecule has 1 rings (SSSR count). The van der Waals surface area contributed by atoms with Gasteiger partial charge in [-0.25, -0.2) is 0 Å². The second kappa shape index (κ2) is 13.5. The molecule has 24 heavy (non-hydrogen) atoms. The highest BCUT2D eigenvalue weighted by Gasteiger charge is 2.17. The van der Waals surface area contributed by atoms with Gasteiger partial charge < -0.3 is 9.84 Å². The van der Waals surface area contributed by atoms with Crippen molar-refractivity contribution in [3.8, 4) is 5.75 Å². The highest BCUT2D eigenvalue weighted by molar-refractivity contribution is 8.00. The largest absolute Gasteiger partial charge is 0.497 e. The van der Waals surface area contributed by atoms with Crippen LogP contribution in [0.4, 0.5) is 0 Å². The molecule has 1 N–H and O–H groups in total. The summed E-state index contributed by atoms with van der Waals surface area (Å²) >= 11 is 3.38. The Labute approximate surface area is 154 Å². The number of carboxylic acids is 1. The summed E-state index contributed by atoms with van der Waals surface area (Å²) in [5, 5.41) is 9.39. The lowest BCUT2D eigenvalue weighted by Crippen LogP contribution is -2.19. The standard InChI is InChI=1S/C19H30O3S2/c1-3-4-5-6-7-8-13-23-14-16(19(20)21)15-24-18-11-9-17(22-2)10-12-18/h9-12,16H,3-8,13-15H2,1-2H3,(H,20,21). The fraction of sp³-hybridized carbons (Fsp3) is 0.632. The first-order valence-corrected chi connectivity index (χ1v) is 10.9. The fourth-order valence-corrected chi connectivity index (χ4v) is 4.52. The summed E-state index contributed by atoms with van der Waals surface area (Å²) in [4.78, 5) is 12.5. The van der Waals surface area contributed by atoms with Gasteiger partial charge in [0.1, 0.15) is 5.75 Å². The molecular weight excluding hydrogens is 340 g/mol. The summed E-state index contributed by atoms with van der Waals surface area (Å²) in [6, 6.07) is 7.77. The maximum absolute atomic E-state index is 11.4. The van der Waals surface area contributed by atoms with E-state index in [9.17, 15) is 9.90 Å². The van der Waals surface area contributed by atoms with Crippen LogP contribution in [0.2, 0.25) is 0 Å². The zero-order chi connectivity index (χ0) is 17.6. The molecule has 1 unspecified atom stereocenters. The maximum atomic E-state index is 11.4. The van der Waals surface area contributed by atoms with E-state index in [0.717, 1.165) is 16.4 Å². The third-order valence-corrected chi connectivity index (χ3v) is 6.21. The van der Waals surface area contributed by atoms with Crippen LogP contribution in [0.3, 0.4) is 0 Å². The molecule has 0 aliphatic carbocycles. The first kappa shape index (κ1) is 21.2. The van der Waals surface area contributed by atoms with Crippen LogP contribution in [0.1, 0.15) is 45.4 Å². The van der Waals surface area contributed by atoms with E-state index in [-0.39, 0.29) is 5.92 Å². The third kappa shape index (κ3) is 9.48. The van der Waals surface area contributed by atoms with Crippen LogP contribution in [0.5, 0.6) is 5.75 Å². The van der Waals surface area contributed by atoms with Gasteiger partial charge in [-0.15, -0.1) is 11.8 Å². The maximum Gasteiger partial charge on any atom is 0.308 e. The number of hydrogen-bond acceptors (Lipinski definition) is 4. The molecule has 0 fully saturated rings. The smallest absolute Gasteiger partial charge is 0.308 e. The van der Waals surface area contributed by atoms with Crippen LogP contribution in [0, 0.1) is 5.92 Å². The monoisotopic (exact) mass is 370 g/mol. The molecule has 0 radical (unpaired) electrons. The highest BCUT2D eigenvalue weighted by atomic mass is 32.2. The van der Waals surface area contributed by atoms with Crippen LogP contribution >= 0.6 is 23.5 Å². The first-order valence-electron chi connectivity index (χ1n) is 8.74. The van der Waals surface area contributed by atoms with E-state index in [1.54, 1.807) is 30.6 Å². The predicted octanol–water partition coefficient (Wildman–Crippen LogP) is 5.58. The Hall–Kier alpha value is -0.810. The Morgan fingerprint density at radius 1 is 1.08 bits per heavy atom. The fourth-order valence-electron chi connectivity index (χ4n) is 2.27. The second-order valence-corrected chi connectivity index (χ2v) is 8.11. The zero-order valence-corrected chi connectivity index (χ0v) is 16.5. The van der Waals surface area contributed by atoms with Crippen molar-refractivity contribution in [2.24, 2.45) is 5.92 Å². The zero-order valence-electron chi connectivity index (χ0n) is 14.8. The first-order chi connectivity index (χ1) is 11.7. The number of rotatable bonds is 14. The minimum atomic E-state index is -0.688. The molecule has 0 bridgehead atoms. The molecule has 0 aromatic heterocycles. The van der Waals surface area contributed by atoms with E-state index in [0.29, 0.717) is 11.5 Å². The lowest BCUT2D eigenvalue weighted by atomic mass is 10.1. The van der Waals surface area contributed by atoms with Crippen LogP contribution in [-0.2, 0) is 4.79 Å². The van der Waals surface area contributed by atoms with Gasteiger partial charge in [-0.1, -0.05) is 39.0 Å². The van der Waals surface area contributed by atoms with Gasteiger partial charge in [-0.2, -0.15) is 11.8 Å². The minimum Gasteiger partial charge on any atom is -0.497 e. The SMILES string of the molecule is CCCCCCCCSCC(CSc1ccc(OC)cc1)C(=O)O. The molecule has 0 heterocycles. The Kier molecular flexibility index (Phi) is 11.9. The van der Waals surface area contributed by atoms with E-state index < -0.39 is 5.97 Å². The topological polar surface area (TPSA) is 46.5 Å². The average molecular weight is 371 g/mol. The van der Waals surface area contributed by atoms with Crippen molar-refractivity contribution in [1.29, 1.82) is 0 Å². The molecule has 5 heteroatoms. The Bertz CT molecular complexity index is 448. The van der Waals surface area contributed by atoms with Crippen LogP contribution in [0.15, 0.2) is 29.2 Å². The molecule has 1 aromatic rings. The van der Waals surface area contributed by atoms with E-state index in [1.165, 1.54) is 38.5 Å². The Morgan fingerprint density at radius 2 is 1.75 bits per heavy atom. The third-order valence-electron chi connectivity index (χ3n) is 3.82. The molecule has 0 saturated heterocycles. The average Bonchev–Trinajstić information content (AvgIpc) is 2.60. The molecule has 0 amide bonds. The summed E-state index contributed by atoms with van der Waals surface area (Å²) in [7, 11) is 1.64. The minimum absolute atomic E-state index is 0.290. The molecule has 136 valence electrons. The van der Waals surface area contributed by atoms with Gasteiger partial charge in [0.25, 0.3) is 0 Å². The Morgan fingerprint density at radius 3 is 2.38 bits per heavy atom. The molecular formula is C19H30O3S2. The number of benzene rings is 1. The number of ether oxygens (including phenoxy) is 1. The van der Waals surface area contributed by atoms with Crippen LogP contribution < -0.4 is 4.74 Å². The second-order valence-electron chi connectivity index (χ2n) is 5.86. The van der Waals surface area contributed by atoms with Gasteiger partial charge in [0.05, 0.1) is 13.0 Å². The summed E-state index contributed by atoms with van der Waals surface area (Å²) in [6.07, 6.45) is 7.72. The molecule has 1 atom stereocenters. The summed E-state index contributed by atoms with van der Waals surface area (Å²) in [6.45, 7) is 2.23. The van der Waals surface area contributed by atoms with Gasteiger partial charge >= 0.3 is 5.97 Å². The molecule has 0 aliphatic heterocycles. The van der Waals surface area contributed by atoms with Crippen LogP contribution in [0.25, 0.3) is 0 Å². The number of aliphatic carboxylic acids is 1. The number of unbranched alkanes of at least 4 members (excludes halogenated alkanes) is 5. The lowest BCUT2D eigenvalue weighted by molar-refractivity contribution is -0.140. The van der Waals surface area contributed by atoms with E-state index in [1.807, 2.05) is 24.3 Å². The number of hydrogen-bond donors (Lipinski definition) is 1. The number of carboxylic acid groups (broad SMARTS) is 1. The molecule has 0 saturated carbocycles. The molecule has 0 aliphatic rings. The number of thioether (sulfide) groups is 2. The van der Waals surface area contributed by atoms with E-state index in [2.05, 4.69) is 6.92 Å². The van der Waals surface area contributed by atoms with E-state index >= 15 is 0 Å². The van der Waals surface area contributed by atoms with Crippen molar-refractivity contribution < 1.29 is 14.6 Å². The van der Waals surface area contributed by atoms with Crippen molar-refractivity contribution in [3.05, 3.63) is 24.3 Å². The van der Waals surface area contributed by atoms with Crippen molar-refractivity contribution in [2.45, 2.75) is 50.3 Å². The van der Waals surface area contributed by atoms with Gasteiger partial charge in [0.15, 0.2) is 0 Å². The highest BCUT2D eigenvalue weighted by Crippen LogP contribution is 2.25. The van der Waals surface area contributed by atoms with Crippen molar-refractivity contribution in [2.75, 3.05) is 24.4 Å². The van der Waals surface area contributed by atoms with Gasteiger partial charge in [-0.05, 0) is 36.4 Å². The van der Waals surface area contributed by atoms with Crippen molar-refractivity contribution in [3.63, 3.8) is 0 Å². The van der Waals surface area contributed by atoms with Crippen LogP contribution in [-0.4, -0.2) is 35.4 Å². The van der Waals surface area contributed by atoms with Gasteiger partial charge in [0.2, 0.25) is 0 Å². The molecule has 3 nitrogen and oxygen atoms in total. The normalized spacial score (nSPS) is 12.1. The van der Waals surface area contributed by atoms with Gasteiger partial charge in [0, 0.05) is 16.4 Å². The van der Waals surface area contributed by atoms with E-state index in [4.69, 9.17) is 4.74 Å². The van der Waals surface area contributed by atoms with Crippen molar-refractivity contribution >= 4 is 29.5 Å². The number of methoxy groups -OCH3 is 1. The quantitative estimate of drug-likeness (QED) is 0.342. The summed E-state index contributed by atoms with van der Waals surface area (Å²) < 4.78 is 5.13.